The maximum absolute atomic E-state index is 11.5. The zero-order chi connectivity index (χ0) is 16.3. The molecule has 3 atom stereocenters. The Morgan fingerprint density at radius 3 is 1.90 bits per heavy atom. The van der Waals surface area contributed by atoms with Crippen molar-refractivity contribution >= 4 is 11.6 Å². The molecule has 0 saturated heterocycles. The van der Waals surface area contributed by atoms with Gasteiger partial charge >= 0.3 is 0 Å². The molecular formula is C15H28O6. The summed E-state index contributed by atoms with van der Waals surface area (Å²) in [5.41, 5.74) is 0. The van der Waals surface area contributed by atoms with Crippen molar-refractivity contribution in [2.75, 3.05) is 6.61 Å². The predicted molar refractivity (Wildman–Crippen MR) is 77.7 cm³/mol. The minimum Gasteiger partial charge on any atom is -0.393 e. The zero-order valence-corrected chi connectivity index (χ0v) is 12.7. The van der Waals surface area contributed by atoms with Gasteiger partial charge < -0.3 is 20.4 Å². The highest BCUT2D eigenvalue weighted by atomic mass is 16.3. The minimum absolute atomic E-state index is 0.225. The second kappa shape index (κ2) is 11.8. The van der Waals surface area contributed by atoms with Crippen LogP contribution >= 0.6 is 0 Å². The van der Waals surface area contributed by atoms with Crippen LogP contribution in [-0.4, -0.2) is 56.9 Å². The van der Waals surface area contributed by atoms with Crippen LogP contribution in [0.15, 0.2) is 0 Å². The summed E-state index contributed by atoms with van der Waals surface area (Å²) >= 11 is 0. The lowest BCUT2D eigenvalue weighted by atomic mass is 9.98. The quantitative estimate of drug-likeness (QED) is 0.288. The van der Waals surface area contributed by atoms with Gasteiger partial charge in [0, 0.05) is 0 Å². The fraction of sp³-hybridized carbons (Fsp3) is 0.867. The number of hydrogen-bond acceptors (Lipinski definition) is 6. The SMILES string of the molecule is CCCCCCCCCC(O)C(O)C(=O)C(=O)[C@H](O)CO. The average Bonchev–Trinajstić information content (AvgIpc) is 2.50. The molecule has 0 aliphatic heterocycles. The van der Waals surface area contributed by atoms with E-state index >= 15 is 0 Å². The van der Waals surface area contributed by atoms with Crippen molar-refractivity contribution in [3.05, 3.63) is 0 Å². The van der Waals surface area contributed by atoms with Gasteiger partial charge in [0.1, 0.15) is 12.2 Å². The smallest absolute Gasteiger partial charge is 0.232 e. The Balaban J connectivity index is 3.91. The molecule has 0 radical (unpaired) electrons. The predicted octanol–water partition coefficient (Wildman–Crippen LogP) is 0.340. The van der Waals surface area contributed by atoms with Crippen molar-refractivity contribution in [3.63, 3.8) is 0 Å². The van der Waals surface area contributed by atoms with E-state index < -0.39 is 36.5 Å². The number of Topliss-reactive ketones (excluding diaryl/α,β-unsaturated/α-hetero) is 2. The van der Waals surface area contributed by atoms with Crippen LogP contribution in [0, 0.1) is 0 Å². The van der Waals surface area contributed by atoms with Crippen LogP contribution in [0.5, 0.6) is 0 Å². The lowest BCUT2D eigenvalue weighted by Crippen LogP contribution is -2.43. The fourth-order valence-corrected chi connectivity index (χ4v) is 2.04. The van der Waals surface area contributed by atoms with E-state index in [9.17, 15) is 19.8 Å². The summed E-state index contributed by atoms with van der Waals surface area (Å²) in [6.07, 6.45) is 2.55. The molecule has 6 heteroatoms. The summed E-state index contributed by atoms with van der Waals surface area (Å²) in [6.45, 7) is 1.26. The highest BCUT2D eigenvalue weighted by Gasteiger charge is 2.32. The van der Waals surface area contributed by atoms with Crippen LogP contribution in [0.1, 0.15) is 58.3 Å². The van der Waals surface area contributed by atoms with E-state index in [1.807, 2.05) is 0 Å². The second-order valence-electron chi connectivity index (χ2n) is 5.35. The average molecular weight is 304 g/mol. The molecule has 0 spiro atoms. The third kappa shape index (κ3) is 8.26. The van der Waals surface area contributed by atoms with E-state index in [1.165, 1.54) is 19.3 Å². The van der Waals surface area contributed by atoms with Gasteiger partial charge in [-0.25, -0.2) is 0 Å². The minimum atomic E-state index is -1.84. The number of aliphatic hydroxyl groups is 4. The first kappa shape index (κ1) is 20.2. The van der Waals surface area contributed by atoms with Crippen molar-refractivity contribution in [2.24, 2.45) is 0 Å². The Labute approximate surface area is 125 Å². The third-order valence-corrected chi connectivity index (χ3v) is 3.45. The number of carbonyl (C=O) groups is 2. The van der Waals surface area contributed by atoms with Crippen molar-refractivity contribution in [1.29, 1.82) is 0 Å². The molecule has 0 fully saturated rings. The van der Waals surface area contributed by atoms with Gasteiger partial charge in [-0.05, 0) is 6.42 Å². The standard InChI is InChI=1S/C15H28O6/c1-2-3-4-5-6-7-8-9-11(17)13(19)15(21)14(20)12(18)10-16/h11-13,16-19H,2-10H2,1H3/t11?,12-,13?/m1/s1. The van der Waals surface area contributed by atoms with Gasteiger partial charge in [-0.15, -0.1) is 0 Å². The van der Waals surface area contributed by atoms with Crippen LogP contribution in [0.25, 0.3) is 0 Å². The number of unbranched alkanes of at least 4 members (excludes halogenated alkanes) is 6. The molecule has 0 aromatic carbocycles. The van der Waals surface area contributed by atoms with Crippen LogP contribution in [-0.2, 0) is 9.59 Å². The summed E-state index contributed by atoms with van der Waals surface area (Å²) in [5, 5.41) is 36.8. The Kier molecular flexibility index (Phi) is 11.3. The van der Waals surface area contributed by atoms with Crippen LogP contribution in [0.2, 0.25) is 0 Å². The number of carbonyl (C=O) groups excluding carboxylic acids is 2. The van der Waals surface area contributed by atoms with Gasteiger partial charge in [0.2, 0.25) is 11.6 Å². The summed E-state index contributed by atoms with van der Waals surface area (Å²) in [5.74, 6) is -2.53. The molecule has 4 N–H and O–H groups in total. The Hall–Kier alpha value is -0.820. The fourth-order valence-electron chi connectivity index (χ4n) is 2.04. The molecule has 0 rings (SSSR count). The van der Waals surface area contributed by atoms with E-state index in [0.29, 0.717) is 6.42 Å². The van der Waals surface area contributed by atoms with Crippen molar-refractivity contribution in [1.82, 2.24) is 0 Å². The maximum atomic E-state index is 11.5. The van der Waals surface area contributed by atoms with E-state index in [0.717, 1.165) is 19.3 Å². The molecule has 124 valence electrons. The van der Waals surface area contributed by atoms with Gasteiger partial charge in [-0.1, -0.05) is 51.9 Å². The molecule has 0 aliphatic rings. The first-order valence-electron chi connectivity index (χ1n) is 7.68. The summed E-state index contributed by atoms with van der Waals surface area (Å²) in [7, 11) is 0. The van der Waals surface area contributed by atoms with E-state index in [1.54, 1.807) is 0 Å². The van der Waals surface area contributed by atoms with Gasteiger partial charge in [-0.2, -0.15) is 0 Å². The van der Waals surface area contributed by atoms with Crippen LogP contribution in [0.4, 0.5) is 0 Å². The third-order valence-electron chi connectivity index (χ3n) is 3.45. The van der Waals surface area contributed by atoms with E-state index in [4.69, 9.17) is 10.2 Å². The highest BCUT2D eigenvalue weighted by molar-refractivity contribution is 6.40. The van der Waals surface area contributed by atoms with Crippen LogP contribution in [0.3, 0.4) is 0 Å². The molecule has 0 amide bonds. The van der Waals surface area contributed by atoms with E-state index in [-0.39, 0.29) is 6.42 Å². The van der Waals surface area contributed by atoms with Gasteiger partial charge in [0.25, 0.3) is 0 Å². The zero-order valence-electron chi connectivity index (χ0n) is 12.7. The molecule has 2 unspecified atom stereocenters. The van der Waals surface area contributed by atoms with Gasteiger partial charge in [0.05, 0.1) is 12.7 Å². The summed E-state index contributed by atoms with van der Waals surface area (Å²) in [4.78, 5) is 22.7. The van der Waals surface area contributed by atoms with Crippen molar-refractivity contribution in [2.45, 2.75) is 76.6 Å². The lowest BCUT2D eigenvalue weighted by molar-refractivity contribution is -0.150. The number of ketones is 2. The Morgan fingerprint density at radius 2 is 1.38 bits per heavy atom. The highest BCUT2D eigenvalue weighted by Crippen LogP contribution is 2.12. The second-order valence-corrected chi connectivity index (χ2v) is 5.35. The Morgan fingerprint density at radius 1 is 0.857 bits per heavy atom. The van der Waals surface area contributed by atoms with Gasteiger partial charge in [0.15, 0.2) is 0 Å². The lowest BCUT2D eigenvalue weighted by Gasteiger charge is -2.17. The number of hydrogen-bond donors (Lipinski definition) is 4. The molecule has 0 saturated carbocycles. The topological polar surface area (TPSA) is 115 Å². The van der Waals surface area contributed by atoms with E-state index in [2.05, 4.69) is 6.92 Å². The van der Waals surface area contributed by atoms with Gasteiger partial charge in [-0.3, -0.25) is 9.59 Å². The first-order valence-corrected chi connectivity index (χ1v) is 7.68. The first-order chi connectivity index (χ1) is 9.95. The number of aliphatic hydroxyl groups excluding tert-OH is 4. The molecule has 0 aromatic heterocycles. The molecule has 0 heterocycles. The summed E-state index contributed by atoms with van der Waals surface area (Å²) < 4.78 is 0. The largest absolute Gasteiger partial charge is 0.393 e. The molecule has 21 heavy (non-hydrogen) atoms. The normalized spacial score (nSPS) is 15.5. The monoisotopic (exact) mass is 304 g/mol. The van der Waals surface area contributed by atoms with Crippen molar-refractivity contribution < 1.29 is 30.0 Å². The molecule has 0 aromatic rings. The number of rotatable bonds is 13. The Bertz CT molecular complexity index is 305. The summed E-state index contributed by atoms with van der Waals surface area (Å²) in [6, 6.07) is 0. The van der Waals surface area contributed by atoms with Crippen LogP contribution < -0.4 is 0 Å². The molecule has 6 nitrogen and oxygen atoms in total. The molecule has 0 aliphatic carbocycles. The molecular weight excluding hydrogens is 276 g/mol. The maximum Gasteiger partial charge on any atom is 0.232 e. The van der Waals surface area contributed by atoms with Crippen molar-refractivity contribution in [3.8, 4) is 0 Å². The molecule has 0 bridgehead atoms.